The molecular weight excluding hydrogens is 410 g/mol. The highest BCUT2D eigenvalue weighted by molar-refractivity contribution is 7.89. The number of benzene rings is 2. The van der Waals surface area contributed by atoms with E-state index in [1.54, 1.807) is 0 Å². The number of piperazine rings is 1. The molecule has 1 fully saturated rings. The van der Waals surface area contributed by atoms with E-state index in [0.717, 1.165) is 17.1 Å². The van der Waals surface area contributed by atoms with Crippen LogP contribution < -0.4 is 9.47 Å². The molecule has 160 valence electrons. The van der Waals surface area contributed by atoms with Crippen molar-refractivity contribution >= 4 is 15.7 Å². The first-order valence-corrected chi connectivity index (χ1v) is 11.2. The molecule has 0 unspecified atom stereocenters. The molecule has 0 aromatic heterocycles. The van der Waals surface area contributed by atoms with Crippen molar-refractivity contribution in [2.24, 2.45) is 0 Å². The molecule has 0 amide bonds. The molecule has 9 nitrogen and oxygen atoms in total. The van der Waals surface area contributed by atoms with E-state index in [4.69, 9.17) is 9.47 Å². The molecular formula is C20H23N3O6S. The van der Waals surface area contributed by atoms with E-state index in [2.05, 4.69) is 4.90 Å². The number of nitrogens with zero attached hydrogens (tertiary/aromatic N) is 3. The van der Waals surface area contributed by atoms with Gasteiger partial charge in [0.1, 0.15) is 13.2 Å². The Morgan fingerprint density at radius 3 is 2.43 bits per heavy atom. The Bertz CT molecular complexity index is 1060. The van der Waals surface area contributed by atoms with Gasteiger partial charge in [0.25, 0.3) is 5.69 Å². The van der Waals surface area contributed by atoms with Crippen LogP contribution in [0.2, 0.25) is 0 Å². The highest BCUT2D eigenvalue weighted by atomic mass is 32.2. The third-order valence-electron chi connectivity index (χ3n) is 5.41. The Morgan fingerprint density at radius 2 is 1.73 bits per heavy atom. The zero-order chi connectivity index (χ0) is 21.3. The van der Waals surface area contributed by atoms with Crippen molar-refractivity contribution in [2.75, 3.05) is 39.4 Å². The van der Waals surface area contributed by atoms with Gasteiger partial charge in [-0.15, -0.1) is 0 Å². The SMILES string of the molecule is Cc1c([N+](=O)[O-])cccc1S(=O)(=O)N1CCN(Cc2ccc3c(c2)OCCO3)CC1. The summed E-state index contributed by atoms with van der Waals surface area (Å²) in [5.41, 5.74) is 1.06. The number of sulfonamides is 1. The van der Waals surface area contributed by atoms with Crippen molar-refractivity contribution in [3.63, 3.8) is 0 Å². The molecule has 0 bridgehead atoms. The third-order valence-corrected chi connectivity index (χ3v) is 7.46. The van der Waals surface area contributed by atoms with Crippen molar-refractivity contribution in [2.45, 2.75) is 18.4 Å². The molecule has 2 aromatic carbocycles. The number of nitro benzene ring substituents is 1. The van der Waals surface area contributed by atoms with Gasteiger partial charge in [0.05, 0.1) is 9.82 Å². The Morgan fingerprint density at radius 1 is 1.03 bits per heavy atom. The predicted octanol–water partition coefficient (Wildman–Crippen LogP) is 2.18. The molecule has 0 N–H and O–H groups in total. The van der Waals surface area contributed by atoms with Gasteiger partial charge in [0, 0.05) is 44.4 Å². The largest absolute Gasteiger partial charge is 0.486 e. The second-order valence-corrected chi connectivity index (χ2v) is 9.22. The van der Waals surface area contributed by atoms with Gasteiger partial charge >= 0.3 is 0 Å². The van der Waals surface area contributed by atoms with E-state index < -0.39 is 14.9 Å². The molecule has 2 aliphatic heterocycles. The van der Waals surface area contributed by atoms with Crippen LogP contribution in [-0.4, -0.2) is 61.9 Å². The van der Waals surface area contributed by atoms with Crippen molar-refractivity contribution in [1.82, 2.24) is 9.21 Å². The predicted molar refractivity (Wildman–Crippen MR) is 109 cm³/mol. The summed E-state index contributed by atoms with van der Waals surface area (Å²) >= 11 is 0. The lowest BCUT2D eigenvalue weighted by atomic mass is 10.1. The van der Waals surface area contributed by atoms with Crippen LogP contribution in [0.15, 0.2) is 41.3 Å². The van der Waals surface area contributed by atoms with Gasteiger partial charge in [-0.05, 0) is 30.7 Å². The lowest BCUT2D eigenvalue weighted by Gasteiger charge is -2.34. The van der Waals surface area contributed by atoms with Crippen molar-refractivity contribution in [3.05, 3.63) is 57.6 Å². The first-order valence-electron chi connectivity index (χ1n) is 9.71. The Hall–Kier alpha value is -2.69. The van der Waals surface area contributed by atoms with Gasteiger partial charge < -0.3 is 9.47 Å². The lowest BCUT2D eigenvalue weighted by molar-refractivity contribution is -0.385. The van der Waals surface area contributed by atoms with E-state index >= 15 is 0 Å². The first kappa shape index (κ1) is 20.6. The normalized spacial score (nSPS) is 17.6. The topological polar surface area (TPSA) is 102 Å². The fraction of sp³-hybridized carbons (Fsp3) is 0.400. The summed E-state index contributed by atoms with van der Waals surface area (Å²) in [6, 6.07) is 10.0. The summed E-state index contributed by atoms with van der Waals surface area (Å²) in [4.78, 5) is 12.8. The molecule has 0 aliphatic carbocycles. The summed E-state index contributed by atoms with van der Waals surface area (Å²) in [5, 5.41) is 11.2. The summed E-state index contributed by atoms with van der Waals surface area (Å²) in [7, 11) is -3.79. The van der Waals surface area contributed by atoms with Crippen LogP contribution in [0.5, 0.6) is 11.5 Å². The Balaban J connectivity index is 1.43. The van der Waals surface area contributed by atoms with Gasteiger partial charge in [-0.1, -0.05) is 12.1 Å². The minimum Gasteiger partial charge on any atom is -0.486 e. The number of ether oxygens (including phenoxy) is 2. The zero-order valence-electron chi connectivity index (χ0n) is 16.6. The molecule has 2 heterocycles. The summed E-state index contributed by atoms with van der Waals surface area (Å²) in [6.45, 7) is 5.04. The Labute approximate surface area is 175 Å². The van der Waals surface area contributed by atoms with Gasteiger partial charge in [0.2, 0.25) is 10.0 Å². The fourth-order valence-electron chi connectivity index (χ4n) is 3.79. The maximum atomic E-state index is 13.1. The molecule has 4 rings (SSSR count). The number of hydrogen-bond acceptors (Lipinski definition) is 7. The minimum absolute atomic E-state index is 0.00279. The summed E-state index contributed by atoms with van der Waals surface area (Å²) < 4.78 is 38.7. The van der Waals surface area contributed by atoms with Crippen LogP contribution in [0.25, 0.3) is 0 Å². The smallest absolute Gasteiger partial charge is 0.273 e. The van der Waals surface area contributed by atoms with Crippen LogP contribution in [0.3, 0.4) is 0 Å². The average molecular weight is 433 g/mol. The van der Waals surface area contributed by atoms with Crippen LogP contribution >= 0.6 is 0 Å². The van der Waals surface area contributed by atoms with Crippen LogP contribution in [0.1, 0.15) is 11.1 Å². The summed E-state index contributed by atoms with van der Waals surface area (Å²) in [5.74, 6) is 1.48. The molecule has 0 atom stereocenters. The maximum Gasteiger partial charge on any atom is 0.273 e. The second-order valence-electron chi connectivity index (χ2n) is 7.32. The van der Waals surface area contributed by atoms with Gasteiger partial charge in [-0.25, -0.2) is 8.42 Å². The van der Waals surface area contributed by atoms with E-state index in [9.17, 15) is 18.5 Å². The maximum absolute atomic E-state index is 13.1. The standard InChI is InChI=1S/C20H23N3O6S/c1-15-17(23(24)25)3-2-4-20(15)30(26,27)22-9-7-21(8-10-22)14-16-5-6-18-19(13-16)29-12-11-28-18/h2-6,13H,7-12,14H2,1H3. The van der Waals surface area contributed by atoms with E-state index in [0.29, 0.717) is 45.9 Å². The third kappa shape index (κ3) is 3.98. The van der Waals surface area contributed by atoms with Crippen molar-refractivity contribution in [3.8, 4) is 11.5 Å². The van der Waals surface area contributed by atoms with E-state index in [1.807, 2.05) is 18.2 Å². The minimum atomic E-state index is -3.79. The first-order chi connectivity index (χ1) is 14.4. The number of hydrogen-bond donors (Lipinski definition) is 0. The number of fused-ring (bicyclic) bond motifs is 1. The van der Waals surface area contributed by atoms with Crippen LogP contribution in [0.4, 0.5) is 5.69 Å². The Kier molecular flexibility index (Phi) is 5.63. The van der Waals surface area contributed by atoms with Crippen LogP contribution in [0, 0.1) is 17.0 Å². The molecule has 1 saturated heterocycles. The zero-order valence-corrected chi connectivity index (χ0v) is 17.4. The van der Waals surface area contributed by atoms with E-state index in [1.165, 1.54) is 29.4 Å². The molecule has 0 spiro atoms. The second kappa shape index (κ2) is 8.21. The molecule has 30 heavy (non-hydrogen) atoms. The number of nitro groups is 1. The van der Waals surface area contributed by atoms with Gasteiger partial charge in [0.15, 0.2) is 11.5 Å². The molecule has 0 radical (unpaired) electrons. The fourth-order valence-corrected chi connectivity index (χ4v) is 5.46. The molecule has 2 aromatic rings. The van der Waals surface area contributed by atoms with Crippen molar-refractivity contribution in [1.29, 1.82) is 0 Å². The van der Waals surface area contributed by atoms with E-state index in [-0.39, 0.29) is 16.1 Å². The van der Waals surface area contributed by atoms with Gasteiger partial charge in [-0.2, -0.15) is 4.31 Å². The highest BCUT2D eigenvalue weighted by Gasteiger charge is 2.31. The summed E-state index contributed by atoms with van der Waals surface area (Å²) in [6.07, 6.45) is 0. The van der Waals surface area contributed by atoms with Gasteiger partial charge in [-0.3, -0.25) is 15.0 Å². The monoisotopic (exact) mass is 433 g/mol. The van der Waals surface area contributed by atoms with Crippen molar-refractivity contribution < 1.29 is 22.8 Å². The average Bonchev–Trinajstić information content (AvgIpc) is 2.74. The molecule has 10 heteroatoms. The lowest BCUT2D eigenvalue weighted by Crippen LogP contribution is -2.48. The molecule has 2 aliphatic rings. The van der Waals surface area contributed by atoms with Crippen LogP contribution in [-0.2, 0) is 16.6 Å². The number of rotatable bonds is 5. The molecule has 0 saturated carbocycles. The quantitative estimate of drug-likeness (QED) is 0.526. The highest BCUT2D eigenvalue weighted by Crippen LogP contribution is 2.31.